The highest BCUT2D eigenvalue weighted by atomic mass is 16.3. The number of rotatable bonds is 6. The number of aliphatic hydroxyl groups excluding tert-OH is 1. The minimum atomic E-state index is -0.00896. The lowest BCUT2D eigenvalue weighted by Gasteiger charge is -2.21. The molecule has 1 N–H and O–H groups in total. The zero-order valence-corrected chi connectivity index (χ0v) is 14.0. The smallest absolute Gasteiger partial charge is 0.270 e. The van der Waals surface area contributed by atoms with E-state index in [9.17, 15) is 4.79 Å². The maximum atomic E-state index is 12.9. The zero-order chi connectivity index (χ0) is 16.3. The molecule has 22 heavy (non-hydrogen) atoms. The van der Waals surface area contributed by atoms with Gasteiger partial charge in [-0.3, -0.25) is 4.79 Å². The van der Waals surface area contributed by atoms with Gasteiger partial charge < -0.3 is 14.6 Å². The number of hydrogen-bond acceptors (Lipinski definition) is 2. The monoisotopic (exact) mass is 302 g/mol. The highest BCUT2D eigenvalue weighted by Crippen LogP contribution is 2.28. The van der Waals surface area contributed by atoms with E-state index < -0.39 is 0 Å². The van der Waals surface area contributed by atoms with Gasteiger partial charge in [0.05, 0.1) is 6.61 Å². The first-order valence-corrected chi connectivity index (χ1v) is 8.10. The summed E-state index contributed by atoms with van der Waals surface area (Å²) >= 11 is 0. The van der Waals surface area contributed by atoms with Gasteiger partial charge in [-0.1, -0.05) is 13.0 Å². The Kier molecular flexibility index (Phi) is 5.24. The predicted octanol–water partition coefficient (Wildman–Crippen LogP) is 2.99. The van der Waals surface area contributed by atoms with Crippen LogP contribution in [0, 0.1) is 6.92 Å². The van der Waals surface area contributed by atoms with Crippen LogP contribution in [0.5, 0.6) is 0 Å². The molecule has 0 saturated heterocycles. The topological polar surface area (TPSA) is 45.5 Å². The number of aliphatic hydroxyl groups is 1. The Hall–Kier alpha value is -1.81. The van der Waals surface area contributed by atoms with E-state index in [2.05, 4.69) is 36.6 Å². The third-order valence-electron chi connectivity index (χ3n) is 4.35. The Morgan fingerprint density at radius 2 is 2.00 bits per heavy atom. The van der Waals surface area contributed by atoms with Crippen molar-refractivity contribution in [3.05, 3.63) is 35.0 Å². The van der Waals surface area contributed by atoms with Crippen LogP contribution >= 0.6 is 0 Å². The highest BCUT2D eigenvalue weighted by Gasteiger charge is 2.23. The molecule has 0 saturated carbocycles. The van der Waals surface area contributed by atoms with E-state index in [1.807, 2.05) is 13.8 Å². The zero-order valence-electron chi connectivity index (χ0n) is 14.0. The van der Waals surface area contributed by atoms with Crippen LogP contribution < -0.4 is 0 Å². The first kappa shape index (κ1) is 16.6. The van der Waals surface area contributed by atoms with Crippen LogP contribution in [0.25, 0.3) is 10.9 Å². The van der Waals surface area contributed by atoms with E-state index in [-0.39, 0.29) is 12.5 Å². The predicted molar refractivity (Wildman–Crippen MR) is 90.4 cm³/mol. The number of fused-ring (bicyclic) bond motifs is 1. The molecule has 4 heteroatoms. The summed E-state index contributed by atoms with van der Waals surface area (Å²) in [6.07, 6.45) is 0.988. The summed E-state index contributed by atoms with van der Waals surface area (Å²) in [4.78, 5) is 14.6. The van der Waals surface area contributed by atoms with Crippen LogP contribution in [0.2, 0.25) is 0 Å². The van der Waals surface area contributed by atoms with Crippen molar-refractivity contribution in [1.82, 2.24) is 9.47 Å². The quantitative estimate of drug-likeness (QED) is 0.891. The molecule has 0 fully saturated rings. The molecular formula is C18H26N2O2. The molecule has 1 aromatic heterocycles. The van der Waals surface area contributed by atoms with E-state index in [4.69, 9.17) is 5.11 Å². The molecule has 0 atom stereocenters. The van der Waals surface area contributed by atoms with Crippen molar-refractivity contribution in [1.29, 1.82) is 0 Å². The number of hydrogen-bond donors (Lipinski definition) is 1. The third kappa shape index (κ3) is 2.75. The van der Waals surface area contributed by atoms with E-state index in [1.54, 1.807) is 4.90 Å². The van der Waals surface area contributed by atoms with Crippen LogP contribution in [0.15, 0.2) is 18.2 Å². The van der Waals surface area contributed by atoms with Crippen LogP contribution in [-0.2, 0) is 13.0 Å². The molecule has 0 unspecified atom stereocenters. The van der Waals surface area contributed by atoms with Crippen molar-refractivity contribution < 1.29 is 9.90 Å². The lowest BCUT2D eigenvalue weighted by atomic mass is 10.1. The average molecular weight is 302 g/mol. The second-order valence-corrected chi connectivity index (χ2v) is 5.53. The fourth-order valence-corrected chi connectivity index (χ4v) is 3.07. The normalized spacial score (nSPS) is 11.1. The maximum absolute atomic E-state index is 12.9. The van der Waals surface area contributed by atoms with Gasteiger partial charge in [0, 0.05) is 30.5 Å². The van der Waals surface area contributed by atoms with Crippen molar-refractivity contribution in [3.63, 3.8) is 0 Å². The van der Waals surface area contributed by atoms with Gasteiger partial charge in [-0.15, -0.1) is 0 Å². The summed E-state index contributed by atoms with van der Waals surface area (Å²) in [7, 11) is 0. The number of nitrogens with zero attached hydrogens (tertiary/aromatic N) is 2. The molecule has 0 spiro atoms. The van der Waals surface area contributed by atoms with Crippen molar-refractivity contribution in [2.75, 3.05) is 19.7 Å². The Balaban J connectivity index is 2.62. The fraction of sp³-hybridized carbons (Fsp3) is 0.500. The summed E-state index contributed by atoms with van der Waals surface area (Å²) in [6.45, 7) is 9.89. The van der Waals surface area contributed by atoms with Gasteiger partial charge >= 0.3 is 0 Å². The molecule has 1 aromatic carbocycles. The largest absolute Gasteiger partial charge is 0.395 e. The van der Waals surface area contributed by atoms with Gasteiger partial charge in [-0.2, -0.15) is 0 Å². The molecule has 0 bridgehead atoms. The Morgan fingerprint density at radius 1 is 1.27 bits per heavy atom. The van der Waals surface area contributed by atoms with Crippen molar-refractivity contribution in [3.8, 4) is 0 Å². The Morgan fingerprint density at radius 3 is 2.55 bits per heavy atom. The molecule has 1 amide bonds. The van der Waals surface area contributed by atoms with Gasteiger partial charge in [-0.05, 0) is 50.5 Å². The molecule has 1 heterocycles. The van der Waals surface area contributed by atoms with E-state index in [0.29, 0.717) is 13.1 Å². The summed E-state index contributed by atoms with van der Waals surface area (Å²) in [5.41, 5.74) is 4.18. The molecule has 120 valence electrons. The molecule has 2 aromatic rings. The van der Waals surface area contributed by atoms with Gasteiger partial charge in [0.2, 0.25) is 0 Å². The molecule has 0 radical (unpaired) electrons. The summed E-state index contributed by atoms with van der Waals surface area (Å²) < 4.78 is 2.09. The number of amides is 1. The molecule has 4 nitrogen and oxygen atoms in total. The van der Waals surface area contributed by atoms with Crippen LogP contribution in [-0.4, -0.2) is 40.2 Å². The average Bonchev–Trinajstić information content (AvgIpc) is 2.83. The first-order valence-electron chi connectivity index (χ1n) is 8.10. The van der Waals surface area contributed by atoms with Gasteiger partial charge in [0.1, 0.15) is 5.69 Å². The number of carbonyl (C=O) groups excluding carboxylic acids is 1. The SMILES string of the molecule is CCc1ccc2c(c1)c(C)c(C(=O)N(CC)CCO)n2CC. The van der Waals surface area contributed by atoms with Crippen molar-refractivity contribution in [2.45, 2.75) is 40.7 Å². The number of aryl methyl sites for hydroxylation is 3. The van der Waals surface area contributed by atoms with Gasteiger partial charge in [0.15, 0.2) is 0 Å². The first-order chi connectivity index (χ1) is 10.6. The molecule has 0 aliphatic carbocycles. The van der Waals surface area contributed by atoms with Crippen LogP contribution in [0.1, 0.15) is 42.4 Å². The number of likely N-dealkylation sites (N-methyl/N-ethyl adjacent to an activating group) is 1. The number of benzene rings is 1. The van der Waals surface area contributed by atoms with E-state index >= 15 is 0 Å². The molecule has 0 aliphatic heterocycles. The third-order valence-corrected chi connectivity index (χ3v) is 4.35. The van der Waals surface area contributed by atoms with Gasteiger partial charge in [-0.25, -0.2) is 0 Å². The summed E-state index contributed by atoms with van der Waals surface area (Å²) in [5, 5.41) is 10.3. The van der Waals surface area contributed by atoms with Crippen LogP contribution in [0.4, 0.5) is 0 Å². The lowest BCUT2D eigenvalue weighted by Crippen LogP contribution is -2.35. The van der Waals surface area contributed by atoms with Crippen molar-refractivity contribution >= 4 is 16.8 Å². The minimum Gasteiger partial charge on any atom is -0.395 e. The van der Waals surface area contributed by atoms with E-state index in [1.165, 1.54) is 5.56 Å². The van der Waals surface area contributed by atoms with Crippen LogP contribution in [0.3, 0.4) is 0 Å². The molecule has 0 aliphatic rings. The second kappa shape index (κ2) is 6.97. The number of carbonyl (C=O) groups is 1. The Labute approximate surface area is 132 Å². The lowest BCUT2D eigenvalue weighted by molar-refractivity contribution is 0.0721. The number of aromatic nitrogens is 1. The second-order valence-electron chi connectivity index (χ2n) is 5.53. The van der Waals surface area contributed by atoms with E-state index in [0.717, 1.165) is 35.1 Å². The summed E-state index contributed by atoms with van der Waals surface area (Å²) in [6, 6.07) is 6.44. The highest BCUT2D eigenvalue weighted by molar-refractivity contribution is 6.01. The molecule has 2 rings (SSSR count). The fourth-order valence-electron chi connectivity index (χ4n) is 3.07. The Bertz CT molecular complexity index is 673. The van der Waals surface area contributed by atoms with Crippen molar-refractivity contribution in [2.24, 2.45) is 0 Å². The molecular weight excluding hydrogens is 276 g/mol. The minimum absolute atomic E-state index is 0.00477. The standard InChI is InChI=1S/C18H26N2O2/c1-5-14-8-9-16-15(12-14)13(4)17(20(16)7-3)18(22)19(6-2)10-11-21/h8-9,12,21H,5-7,10-11H2,1-4H3. The summed E-state index contributed by atoms with van der Waals surface area (Å²) in [5.74, 6) is 0.00477. The van der Waals surface area contributed by atoms with Gasteiger partial charge in [0.25, 0.3) is 5.91 Å². The maximum Gasteiger partial charge on any atom is 0.270 e.